The zero-order chi connectivity index (χ0) is 19.8. The van der Waals surface area contributed by atoms with Crippen LogP contribution in [0.25, 0.3) is 10.9 Å². The SMILES string of the molecule is COCCOc1ccccc1OCCNC(C)(C)Cc1c[nH]c2ccccc12.Cl. The van der Waals surface area contributed by atoms with Crippen molar-refractivity contribution in [1.29, 1.82) is 0 Å². The van der Waals surface area contributed by atoms with Crippen LogP contribution in [-0.4, -0.2) is 44.0 Å². The summed E-state index contributed by atoms with van der Waals surface area (Å²) in [6, 6.07) is 16.2. The molecule has 6 heteroatoms. The molecule has 0 aliphatic carbocycles. The molecule has 3 aromatic rings. The fraction of sp³-hybridized carbons (Fsp3) is 0.391. The Morgan fingerprint density at radius 1 is 0.897 bits per heavy atom. The van der Waals surface area contributed by atoms with Crippen LogP contribution in [0.1, 0.15) is 19.4 Å². The van der Waals surface area contributed by atoms with Gasteiger partial charge in [-0.15, -0.1) is 12.4 Å². The van der Waals surface area contributed by atoms with Crippen LogP contribution in [0.2, 0.25) is 0 Å². The zero-order valence-electron chi connectivity index (χ0n) is 17.4. The van der Waals surface area contributed by atoms with Gasteiger partial charge >= 0.3 is 0 Å². The summed E-state index contributed by atoms with van der Waals surface area (Å²) in [5.74, 6) is 1.51. The number of nitrogens with one attached hydrogen (secondary N) is 2. The summed E-state index contributed by atoms with van der Waals surface area (Å²) >= 11 is 0. The van der Waals surface area contributed by atoms with Crippen molar-refractivity contribution in [3.05, 3.63) is 60.3 Å². The molecule has 0 radical (unpaired) electrons. The largest absolute Gasteiger partial charge is 0.488 e. The van der Waals surface area contributed by atoms with E-state index in [4.69, 9.17) is 14.2 Å². The number of hydrogen-bond donors (Lipinski definition) is 2. The highest BCUT2D eigenvalue weighted by molar-refractivity contribution is 5.85. The molecule has 0 atom stereocenters. The van der Waals surface area contributed by atoms with Crippen LogP contribution in [-0.2, 0) is 11.2 Å². The summed E-state index contributed by atoms with van der Waals surface area (Å²) in [5.41, 5.74) is 2.47. The van der Waals surface area contributed by atoms with Crippen molar-refractivity contribution in [3.63, 3.8) is 0 Å². The van der Waals surface area contributed by atoms with E-state index >= 15 is 0 Å². The third kappa shape index (κ3) is 6.67. The lowest BCUT2D eigenvalue weighted by atomic mass is 9.94. The van der Waals surface area contributed by atoms with Crippen LogP contribution >= 0.6 is 12.4 Å². The van der Waals surface area contributed by atoms with Gasteiger partial charge in [-0.1, -0.05) is 30.3 Å². The third-order valence-electron chi connectivity index (χ3n) is 4.66. The highest BCUT2D eigenvalue weighted by Gasteiger charge is 2.19. The van der Waals surface area contributed by atoms with Crippen molar-refractivity contribution in [2.75, 3.05) is 33.5 Å². The zero-order valence-corrected chi connectivity index (χ0v) is 18.2. The number of methoxy groups -OCH3 is 1. The summed E-state index contributed by atoms with van der Waals surface area (Å²) in [5, 5.41) is 4.89. The summed E-state index contributed by atoms with van der Waals surface area (Å²) in [7, 11) is 1.66. The van der Waals surface area contributed by atoms with Gasteiger partial charge in [0.05, 0.1) is 6.61 Å². The number of para-hydroxylation sites is 3. The summed E-state index contributed by atoms with van der Waals surface area (Å²) in [6.07, 6.45) is 3.05. The van der Waals surface area contributed by atoms with Gasteiger partial charge in [0.2, 0.25) is 0 Å². The monoisotopic (exact) mass is 418 g/mol. The van der Waals surface area contributed by atoms with Gasteiger partial charge in [-0.05, 0) is 44.0 Å². The quantitative estimate of drug-likeness (QED) is 0.446. The molecular weight excluding hydrogens is 388 g/mol. The summed E-state index contributed by atoms with van der Waals surface area (Å²) in [4.78, 5) is 3.35. The van der Waals surface area contributed by atoms with Crippen LogP contribution in [0.5, 0.6) is 11.5 Å². The second kappa shape index (κ2) is 11.1. The predicted molar refractivity (Wildman–Crippen MR) is 121 cm³/mol. The van der Waals surface area contributed by atoms with E-state index in [2.05, 4.69) is 54.6 Å². The Kier molecular flexibility index (Phi) is 8.83. The number of aromatic amines is 1. The first-order chi connectivity index (χ1) is 13.6. The Morgan fingerprint density at radius 2 is 1.55 bits per heavy atom. The maximum absolute atomic E-state index is 5.93. The molecule has 0 aliphatic rings. The number of benzene rings is 2. The number of rotatable bonds is 11. The van der Waals surface area contributed by atoms with Gasteiger partial charge in [-0.3, -0.25) is 0 Å². The van der Waals surface area contributed by atoms with Crippen LogP contribution < -0.4 is 14.8 Å². The Labute approximate surface area is 179 Å². The molecule has 1 heterocycles. The number of H-pyrrole nitrogens is 1. The van der Waals surface area contributed by atoms with Crippen molar-refractivity contribution in [3.8, 4) is 11.5 Å². The number of halogens is 1. The number of aromatic nitrogens is 1. The van der Waals surface area contributed by atoms with Gasteiger partial charge in [-0.25, -0.2) is 0 Å². The second-order valence-corrected chi connectivity index (χ2v) is 7.48. The van der Waals surface area contributed by atoms with Gasteiger partial charge in [0.15, 0.2) is 11.5 Å². The van der Waals surface area contributed by atoms with Gasteiger partial charge in [0.1, 0.15) is 13.2 Å². The molecule has 3 rings (SSSR count). The maximum Gasteiger partial charge on any atom is 0.161 e. The predicted octanol–water partition coefficient (Wildman–Crippen LogP) is 4.60. The van der Waals surface area contributed by atoms with E-state index in [1.165, 1.54) is 16.5 Å². The Morgan fingerprint density at radius 3 is 2.28 bits per heavy atom. The van der Waals surface area contributed by atoms with Gasteiger partial charge < -0.3 is 24.5 Å². The third-order valence-corrected chi connectivity index (χ3v) is 4.66. The van der Waals surface area contributed by atoms with E-state index in [1.807, 2.05) is 24.3 Å². The van der Waals surface area contributed by atoms with Crippen LogP contribution in [0.4, 0.5) is 0 Å². The van der Waals surface area contributed by atoms with E-state index in [1.54, 1.807) is 7.11 Å². The molecule has 5 nitrogen and oxygen atoms in total. The highest BCUT2D eigenvalue weighted by atomic mass is 35.5. The van der Waals surface area contributed by atoms with E-state index in [9.17, 15) is 0 Å². The molecule has 0 unspecified atom stereocenters. The summed E-state index contributed by atoms with van der Waals surface area (Å²) < 4.78 is 16.7. The molecule has 0 spiro atoms. The molecule has 0 aliphatic heterocycles. The number of ether oxygens (including phenoxy) is 3. The fourth-order valence-electron chi connectivity index (χ4n) is 3.29. The fourth-order valence-corrected chi connectivity index (χ4v) is 3.29. The first-order valence-corrected chi connectivity index (χ1v) is 9.73. The lowest BCUT2D eigenvalue weighted by Gasteiger charge is -2.26. The standard InChI is InChI=1S/C23H30N2O3.ClH/c1-23(2,16-18-17-24-20-9-5-4-8-19(18)20)25-12-13-27-21-10-6-7-11-22(21)28-15-14-26-3;/h4-11,17,24-25H,12-16H2,1-3H3;1H. The molecule has 0 bridgehead atoms. The minimum Gasteiger partial charge on any atom is -0.488 e. The number of fused-ring (bicyclic) bond motifs is 1. The molecule has 0 amide bonds. The maximum atomic E-state index is 5.93. The van der Waals surface area contributed by atoms with Crippen LogP contribution in [0.15, 0.2) is 54.7 Å². The van der Waals surface area contributed by atoms with E-state index in [0.29, 0.717) is 19.8 Å². The second-order valence-electron chi connectivity index (χ2n) is 7.48. The van der Waals surface area contributed by atoms with Crippen molar-refractivity contribution in [1.82, 2.24) is 10.3 Å². The average molecular weight is 419 g/mol. The molecule has 2 aromatic carbocycles. The number of hydrogen-bond acceptors (Lipinski definition) is 4. The smallest absolute Gasteiger partial charge is 0.161 e. The van der Waals surface area contributed by atoms with Crippen molar-refractivity contribution >= 4 is 23.3 Å². The van der Waals surface area contributed by atoms with Gasteiger partial charge in [-0.2, -0.15) is 0 Å². The molecule has 1 aromatic heterocycles. The lowest BCUT2D eigenvalue weighted by Crippen LogP contribution is -2.43. The molecular formula is C23H31ClN2O3. The van der Waals surface area contributed by atoms with Crippen molar-refractivity contribution < 1.29 is 14.2 Å². The Bertz CT molecular complexity index is 879. The molecule has 0 saturated heterocycles. The van der Waals surface area contributed by atoms with Gasteiger partial charge in [0.25, 0.3) is 0 Å². The van der Waals surface area contributed by atoms with Crippen LogP contribution in [0, 0.1) is 0 Å². The van der Waals surface area contributed by atoms with E-state index < -0.39 is 0 Å². The highest BCUT2D eigenvalue weighted by Crippen LogP contribution is 2.26. The molecule has 158 valence electrons. The molecule has 29 heavy (non-hydrogen) atoms. The molecule has 2 N–H and O–H groups in total. The van der Waals surface area contributed by atoms with E-state index in [-0.39, 0.29) is 17.9 Å². The minimum atomic E-state index is -0.0389. The minimum absolute atomic E-state index is 0. The topological polar surface area (TPSA) is 55.5 Å². The molecule has 0 saturated carbocycles. The van der Waals surface area contributed by atoms with Crippen molar-refractivity contribution in [2.24, 2.45) is 0 Å². The Balaban J connectivity index is 0.00000300. The first-order valence-electron chi connectivity index (χ1n) is 9.73. The van der Waals surface area contributed by atoms with Crippen LogP contribution in [0.3, 0.4) is 0 Å². The Hall–Kier alpha value is -2.21. The van der Waals surface area contributed by atoms with E-state index in [0.717, 1.165) is 24.5 Å². The summed E-state index contributed by atoms with van der Waals surface area (Å²) in [6.45, 7) is 6.82. The molecule has 0 fully saturated rings. The van der Waals surface area contributed by atoms with Crippen molar-refractivity contribution in [2.45, 2.75) is 25.8 Å². The lowest BCUT2D eigenvalue weighted by molar-refractivity contribution is 0.143. The first kappa shape index (κ1) is 23.1. The average Bonchev–Trinajstić information content (AvgIpc) is 3.09. The normalized spacial score (nSPS) is 11.3. The van der Waals surface area contributed by atoms with Gasteiger partial charge in [0, 0.05) is 36.3 Å².